The predicted octanol–water partition coefficient (Wildman–Crippen LogP) is 3.89. The van der Waals surface area contributed by atoms with E-state index in [4.69, 9.17) is 11.6 Å². The number of carbonyl (C=O) groups excluding carboxylic acids is 1. The summed E-state index contributed by atoms with van der Waals surface area (Å²) in [5, 5.41) is 2.37. The molecule has 0 aliphatic carbocycles. The predicted molar refractivity (Wildman–Crippen MR) is 126 cm³/mol. The summed E-state index contributed by atoms with van der Waals surface area (Å²) >= 11 is 5.51. The van der Waals surface area contributed by atoms with Crippen LogP contribution in [0, 0.1) is 25.1 Å². The minimum absolute atomic E-state index is 0.0389. The Kier molecular flexibility index (Phi) is 7.54. The molecule has 0 aliphatic rings. The van der Waals surface area contributed by atoms with Crippen molar-refractivity contribution in [3.05, 3.63) is 58.5 Å². The van der Waals surface area contributed by atoms with Crippen LogP contribution in [0.1, 0.15) is 59.2 Å². The van der Waals surface area contributed by atoms with Gasteiger partial charge in [-0.1, -0.05) is 31.9 Å². The highest BCUT2D eigenvalue weighted by Crippen LogP contribution is 2.21. The van der Waals surface area contributed by atoms with Gasteiger partial charge in [-0.05, 0) is 67.1 Å². The van der Waals surface area contributed by atoms with Crippen molar-refractivity contribution in [2.75, 3.05) is 5.75 Å². The van der Waals surface area contributed by atoms with E-state index in [0.717, 1.165) is 35.4 Å². The van der Waals surface area contributed by atoms with Crippen molar-refractivity contribution >= 4 is 38.7 Å². The molecule has 3 rings (SSSR count). The zero-order valence-corrected chi connectivity index (χ0v) is 19.8. The maximum absolute atomic E-state index is 12.7. The van der Waals surface area contributed by atoms with Crippen molar-refractivity contribution in [1.29, 1.82) is 0 Å². The molecule has 0 unspecified atom stereocenters. The van der Waals surface area contributed by atoms with Gasteiger partial charge in [0.1, 0.15) is 17.0 Å². The summed E-state index contributed by atoms with van der Waals surface area (Å²) in [6.45, 7) is 6.14. The van der Waals surface area contributed by atoms with Gasteiger partial charge in [0.05, 0.1) is 12.3 Å². The number of sulfonamides is 1. The van der Waals surface area contributed by atoms with E-state index in [1.54, 1.807) is 6.07 Å². The van der Waals surface area contributed by atoms with Gasteiger partial charge in [0.2, 0.25) is 10.0 Å². The average Bonchev–Trinajstić information content (AvgIpc) is 3.04. The maximum Gasteiger partial charge on any atom is 0.283 e. The Morgan fingerprint density at radius 3 is 2.69 bits per heavy atom. The average molecular weight is 473 g/mol. The molecule has 0 bridgehead atoms. The summed E-state index contributed by atoms with van der Waals surface area (Å²) in [5.74, 6) is 2.72. The van der Waals surface area contributed by atoms with Crippen LogP contribution in [0.4, 0.5) is 0 Å². The minimum Gasteiger partial charge on any atom is -0.308 e. The summed E-state index contributed by atoms with van der Waals surface area (Å²) in [7, 11) is -3.72. The van der Waals surface area contributed by atoms with Gasteiger partial charge in [0.15, 0.2) is 5.65 Å². The van der Waals surface area contributed by atoms with Gasteiger partial charge in [0.25, 0.3) is 5.91 Å². The van der Waals surface area contributed by atoms with E-state index in [1.165, 1.54) is 0 Å². The van der Waals surface area contributed by atoms with E-state index in [1.807, 2.05) is 49.6 Å². The molecule has 2 heterocycles. The third-order valence-corrected chi connectivity index (χ3v) is 6.46. The highest BCUT2D eigenvalue weighted by Gasteiger charge is 2.20. The number of nitrogens with zero attached hydrogens (tertiary/aromatic N) is 3. The fourth-order valence-corrected chi connectivity index (χ4v) is 4.61. The Balaban J connectivity index is 1.93. The number of benzene rings is 1. The van der Waals surface area contributed by atoms with Crippen LogP contribution in [0.3, 0.4) is 0 Å². The van der Waals surface area contributed by atoms with E-state index in [-0.39, 0.29) is 11.4 Å². The Hall–Kier alpha value is -2.89. The van der Waals surface area contributed by atoms with E-state index >= 15 is 0 Å². The normalized spacial score (nSPS) is 11.2. The molecule has 0 fully saturated rings. The number of carbonyl (C=O) groups is 1. The molecule has 2 aromatic heterocycles. The molecule has 1 amide bonds. The standard InChI is InChI=1S/C23H25ClN4O3S/c1-4-5-6-12-32(30,31)27-23(29)20-13-16(2)21-22(26-20)28(17(3)25-21)15-19-9-7-8-18(14-19)10-11-24/h7-9,13-14H,4-6,12,15H2,1-3H3,(H,27,29). The van der Waals surface area contributed by atoms with Crippen LogP contribution in [0.25, 0.3) is 11.2 Å². The van der Waals surface area contributed by atoms with Crippen molar-refractivity contribution < 1.29 is 13.2 Å². The first-order valence-corrected chi connectivity index (χ1v) is 12.4. The fraction of sp³-hybridized carbons (Fsp3) is 0.348. The van der Waals surface area contributed by atoms with Crippen molar-refractivity contribution in [2.45, 2.75) is 46.6 Å². The van der Waals surface area contributed by atoms with E-state index in [2.05, 4.69) is 26.0 Å². The number of amides is 1. The first kappa shape index (κ1) is 23.8. The Morgan fingerprint density at radius 1 is 1.19 bits per heavy atom. The van der Waals surface area contributed by atoms with Gasteiger partial charge in [-0.3, -0.25) is 4.79 Å². The molecule has 0 radical (unpaired) electrons. The Bertz CT molecular complexity index is 1320. The van der Waals surface area contributed by atoms with Gasteiger partial charge in [-0.15, -0.1) is 0 Å². The lowest BCUT2D eigenvalue weighted by Crippen LogP contribution is -2.33. The zero-order chi connectivity index (χ0) is 23.3. The topological polar surface area (TPSA) is 94.0 Å². The van der Waals surface area contributed by atoms with Crippen LogP contribution in [0.15, 0.2) is 30.3 Å². The number of unbranched alkanes of at least 4 members (excludes halogenated alkanes) is 2. The molecule has 1 aromatic carbocycles. The third-order valence-electron chi connectivity index (χ3n) is 5.04. The van der Waals surface area contributed by atoms with Crippen molar-refractivity contribution in [3.63, 3.8) is 0 Å². The number of aryl methyl sites for hydroxylation is 2. The summed E-state index contributed by atoms with van der Waals surface area (Å²) in [4.78, 5) is 21.7. The highest BCUT2D eigenvalue weighted by atomic mass is 35.5. The molecule has 168 valence electrons. The molecule has 0 spiro atoms. The third kappa shape index (κ3) is 5.67. The molecule has 1 N–H and O–H groups in total. The maximum atomic E-state index is 12.7. The molecular formula is C23H25ClN4O3S. The van der Waals surface area contributed by atoms with Gasteiger partial charge in [-0.2, -0.15) is 0 Å². The number of imidazole rings is 1. The number of hydrogen-bond acceptors (Lipinski definition) is 5. The van der Waals surface area contributed by atoms with Crippen LogP contribution in [-0.4, -0.2) is 34.6 Å². The number of nitrogens with one attached hydrogen (secondary N) is 1. The number of rotatable bonds is 8. The SMILES string of the molecule is CCCCCS(=O)(=O)NC(=O)c1cc(C)c2nc(C)n(Cc3cccc(C#CCl)c3)c2n1. The van der Waals surface area contributed by atoms with Crippen LogP contribution in [0.2, 0.25) is 0 Å². The van der Waals surface area contributed by atoms with E-state index in [0.29, 0.717) is 24.1 Å². The molecular weight excluding hydrogens is 448 g/mol. The smallest absolute Gasteiger partial charge is 0.283 e. The molecule has 0 aliphatic heterocycles. The zero-order valence-electron chi connectivity index (χ0n) is 18.3. The fourth-order valence-electron chi connectivity index (χ4n) is 3.43. The second-order valence-corrected chi connectivity index (χ2v) is 9.65. The summed E-state index contributed by atoms with van der Waals surface area (Å²) < 4.78 is 28.5. The summed E-state index contributed by atoms with van der Waals surface area (Å²) in [6, 6.07) is 9.20. The minimum atomic E-state index is -3.72. The lowest BCUT2D eigenvalue weighted by molar-refractivity contribution is 0.0976. The lowest BCUT2D eigenvalue weighted by atomic mass is 10.1. The second-order valence-electron chi connectivity index (χ2n) is 7.62. The van der Waals surface area contributed by atoms with Gasteiger partial charge in [-0.25, -0.2) is 23.1 Å². The Morgan fingerprint density at radius 2 is 1.97 bits per heavy atom. The van der Waals surface area contributed by atoms with Crippen LogP contribution in [-0.2, 0) is 16.6 Å². The molecule has 0 saturated carbocycles. The van der Waals surface area contributed by atoms with Gasteiger partial charge < -0.3 is 4.57 Å². The monoisotopic (exact) mass is 472 g/mol. The number of fused-ring (bicyclic) bond motifs is 1. The summed E-state index contributed by atoms with van der Waals surface area (Å²) in [6.07, 6.45) is 2.18. The van der Waals surface area contributed by atoms with Crippen LogP contribution >= 0.6 is 11.6 Å². The number of halogens is 1. The molecule has 0 saturated heterocycles. The van der Waals surface area contributed by atoms with E-state index in [9.17, 15) is 13.2 Å². The summed E-state index contributed by atoms with van der Waals surface area (Å²) in [5.41, 5.74) is 3.73. The highest BCUT2D eigenvalue weighted by molar-refractivity contribution is 7.90. The van der Waals surface area contributed by atoms with Crippen molar-refractivity contribution in [2.24, 2.45) is 0 Å². The molecule has 7 nitrogen and oxygen atoms in total. The Labute approximate surface area is 193 Å². The van der Waals surface area contributed by atoms with Crippen molar-refractivity contribution in [3.8, 4) is 11.3 Å². The number of pyridine rings is 1. The first-order chi connectivity index (χ1) is 15.2. The van der Waals surface area contributed by atoms with Gasteiger partial charge >= 0.3 is 0 Å². The van der Waals surface area contributed by atoms with Crippen molar-refractivity contribution in [1.82, 2.24) is 19.3 Å². The molecule has 9 heteroatoms. The first-order valence-electron chi connectivity index (χ1n) is 10.3. The van der Waals surface area contributed by atoms with Crippen LogP contribution < -0.4 is 4.72 Å². The van der Waals surface area contributed by atoms with E-state index < -0.39 is 15.9 Å². The molecule has 0 atom stereocenters. The second kappa shape index (κ2) is 10.2. The largest absolute Gasteiger partial charge is 0.308 e. The number of hydrogen-bond donors (Lipinski definition) is 1. The van der Waals surface area contributed by atoms with Gasteiger partial charge in [0, 0.05) is 10.9 Å². The molecule has 3 aromatic rings. The number of aromatic nitrogens is 3. The quantitative estimate of drug-likeness (QED) is 0.396. The lowest BCUT2D eigenvalue weighted by Gasteiger charge is -2.10. The van der Waals surface area contributed by atoms with Crippen LogP contribution in [0.5, 0.6) is 0 Å². The molecule has 32 heavy (non-hydrogen) atoms.